The highest BCUT2D eigenvalue weighted by molar-refractivity contribution is 6.05. The van der Waals surface area contributed by atoms with Crippen LogP contribution >= 0.6 is 0 Å². The molecule has 15 heteroatoms. The zero-order chi connectivity index (χ0) is 35.8. The lowest BCUT2D eigenvalue weighted by atomic mass is 10.1. The van der Waals surface area contributed by atoms with Gasteiger partial charge in [-0.05, 0) is 81.8 Å². The number of fused-ring (bicyclic) bond motifs is 2. The summed E-state index contributed by atoms with van der Waals surface area (Å²) in [5.74, 6) is -0.362. The fourth-order valence-electron chi connectivity index (χ4n) is 5.93. The van der Waals surface area contributed by atoms with Gasteiger partial charge in [-0.15, -0.1) is 0 Å². The molecule has 50 heavy (non-hydrogen) atoms. The number of halogens is 3. The number of carbonyl (C=O) groups excluding carboxylic acids is 3. The summed E-state index contributed by atoms with van der Waals surface area (Å²) in [7, 11) is 1.26. The minimum absolute atomic E-state index is 0.0311. The first kappa shape index (κ1) is 34.1. The molecule has 0 aliphatic carbocycles. The molecule has 5 heterocycles. The van der Waals surface area contributed by atoms with Crippen LogP contribution in [0.25, 0.3) is 11.3 Å². The second-order valence-electron chi connectivity index (χ2n) is 12.9. The fraction of sp³-hybridized carbons (Fsp3) is 0.314. The lowest BCUT2D eigenvalue weighted by Crippen LogP contribution is -2.50. The summed E-state index contributed by atoms with van der Waals surface area (Å²) in [6, 6.07) is 14.3. The first-order chi connectivity index (χ1) is 23.7. The third kappa shape index (κ3) is 7.61. The molecule has 0 unspecified atom stereocenters. The van der Waals surface area contributed by atoms with E-state index >= 15 is 0 Å². The molecule has 2 fully saturated rings. The first-order valence-electron chi connectivity index (χ1n) is 15.7. The molecule has 1 aromatic carbocycles. The highest BCUT2D eigenvalue weighted by atomic mass is 19.4. The van der Waals surface area contributed by atoms with Crippen molar-refractivity contribution in [3.63, 3.8) is 0 Å². The quantitative estimate of drug-likeness (QED) is 0.206. The van der Waals surface area contributed by atoms with E-state index in [-0.39, 0.29) is 46.6 Å². The van der Waals surface area contributed by atoms with E-state index in [2.05, 4.69) is 30.5 Å². The molecular formula is C35H34F3N7O5. The topological polar surface area (TPSA) is 139 Å². The van der Waals surface area contributed by atoms with Gasteiger partial charge in [0.2, 0.25) is 0 Å². The highest BCUT2D eigenvalue weighted by Gasteiger charge is 2.47. The zero-order valence-corrected chi connectivity index (χ0v) is 27.6. The molecule has 2 bridgehead atoms. The number of amides is 2. The van der Waals surface area contributed by atoms with Crippen molar-refractivity contribution in [2.24, 2.45) is 0 Å². The van der Waals surface area contributed by atoms with Gasteiger partial charge in [0, 0.05) is 48.4 Å². The number of hydrogen-bond donors (Lipinski definition) is 2. The molecule has 0 spiro atoms. The number of esters is 1. The number of methoxy groups -OCH3 is 1. The van der Waals surface area contributed by atoms with Crippen LogP contribution in [-0.2, 0) is 15.7 Å². The van der Waals surface area contributed by atoms with Crippen molar-refractivity contribution in [2.45, 2.75) is 51.1 Å². The van der Waals surface area contributed by atoms with Gasteiger partial charge in [0.25, 0.3) is 5.91 Å². The number of alkyl halides is 3. The van der Waals surface area contributed by atoms with Crippen molar-refractivity contribution in [3.8, 4) is 11.3 Å². The molecule has 260 valence electrons. The Labute approximate surface area is 285 Å². The van der Waals surface area contributed by atoms with Gasteiger partial charge in [0.05, 0.1) is 36.0 Å². The number of carbonyl (C=O) groups is 3. The summed E-state index contributed by atoms with van der Waals surface area (Å²) in [6.07, 6.45) is -1.49. The van der Waals surface area contributed by atoms with Gasteiger partial charge in [-0.3, -0.25) is 4.79 Å². The number of nitrogens with one attached hydrogen (secondary N) is 2. The van der Waals surface area contributed by atoms with E-state index in [4.69, 9.17) is 9.47 Å². The van der Waals surface area contributed by atoms with Crippen LogP contribution < -0.4 is 15.5 Å². The smallest absolute Gasteiger partial charge is 0.416 e. The summed E-state index contributed by atoms with van der Waals surface area (Å²) < 4.78 is 50.6. The molecule has 2 amide bonds. The van der Waals surface area contributed by atoms with E-state index in [0.717, 1.165) is 24.8 Å². The Morgan fingerprint density at radius 2 is 1.58 bits per heavy atom. The Bertz CT molecular complexity index is 1930. The highest BCUT2D eigenvalue weighted by Crippen LogP contribution is 2.36. The average molecular weight is 690 g/mol. The fourth-order valence-corrected chi connectivity index (χ4v) is 5.93. The molecular weight excluding hydrogens is 655 g/mol. The van der Waals surface area contributed by atoms with Gasteiger partial charge >= 0.3 is 18.2 Å². The minimum atomic E-state index is -4.58. The van der Waals surface area contributed by atoms with Gasteiger partial charge in [-0.2, -0.15) is 13.2 Å². The number of rotatable bonds is 7. The van der Waals surface area contributed by atoms with E-state index in [1.54, 1.807) is 23.2 Å². The Hall–Kier alpha value is -5.73. The molecule has 3 aromatic heterocycles. The summed E-state index contributed by atoms with van der Waals surface area (Å²) in [5.41, 5.74) is 0.336. The third-order valence-electron chi connectivity index (χ3n) is 8.20. The lowest BCUT2D eigenvalue weighted by molar-refractivity contribution is -0.137. The predicted octanol–water partition coefficient (Wildman–Crippen LogP) is 6.54. The second kappa shape index (κ2) is 13.3. The van der Waals surface area contributed by atoms with Crippen molar-refractivity contribution in [1.82, 2.24) is 19.9 Å². The van der Waals surface area contributed by atoms with Crippen molar-refractivity contribution < 1.29 is 37.0 Å². The van der Waals surface area contributed by atoms with Crippen molar-refractivity contribution >= 4 is 41.1 Å². The molecule has 2 aliphatic heterocycles. The van der Waals surface area contributed by atoms with E-state index in [1.807, 2.05) is 26.8 Å². The minimum Gasteiger partial charge on any atom is -0.465 e. The van der Waals surface area contributed by atoms with Gasteiger partial charge in [-0.1, -0.05) is 0 Å². The van der Waals surface area contributed by atoms with Crippen LogP contribution in [0.2, 0.25) is 0 Å². The Balaban J connectivity index is 1.28. The van der Waals surface area contributed by atoms with E-state index in [9.17, 15) is 27.6 Å². The summed E-state index contributed by atoms with van der Waals surface area (Å²) in [6.45, 7) is 6.54. The van der Waals surface area contributed by atoms with Crippen molar-refractivity contribution in [2.75, 3.05) is 35.7 Å². The van der Waals surface area contributed by atoms with Crippen LogP contribution in [0.1, 0.15) is 53.5 Å². The van der Waals surface area contributed by atoms with Crippen LogP contribution in [0.4, 0.5) is 41.1 Å². The monoisotopic (exact) mass is 689 g/mol. The molecule has 12 nitrogen and oxygen atoms in total. The largest absolute Gasteiger partial charge is 0.465 e. The van der Waals surface area contributed by atoms with Crippen LogP contribution in [0.3, 0.4) is 0 Å². The standard InChI is InChI=1S/C35H34F3N7O5/c1-34(2,3)50-33(48)45-19-25-17-26(45)18-44(25)30-13-22(9-11-40-30)27-15-24(41-31(46)20-5-7-21(8-6-20)32(47)49-4)16-29(42-27)43-28-14-23(10-12-39-28)35(36,37)38/h5-16,25-26H,17-19H2,1-4H3,(H2,39,41,42,43,46)/t25-,26-/m0/s1. The van der Waals surface area contributed by atoms with Gasteiger partial charge in [0.15, 0.2) is 0 Å². The molecule has 2 aliphatic rings. The van der Waals surface area contributed by atoms with Crippen LogP contribution in [0.5, 0.6) is 0 Å². The maximum absolute atomic E-state index is 13.4. The van der Waals surface area contributed by atoms with Crippen LogP contribution in [-0.4, -0.2) is 75.7 Å². The van der Waals surface area contributed by atoms with Gasteiger partial charge in [-0.25, -0.2) is 24.5 Å². The lowest BCUT2D eigenvalue weighted by Gasteiger charge is -2.35. The van der Waals surface area contributed by atoms with Crippen LogP contribution in [0.15, 0.2) is 73.1 Å². The second-order valence-corrected chi connectivity index (χ2v) is 12.9. The van der Waals surface area contributed by atoms with Gasteiger partial charge in [0.1, 0.15) is 23.1 Å². The predicted molar refractivity (Wildman–Crippen MR) is 178 cm³/mol. The van der Waals surface area contributed by atoms with E-state index < -0.39 is 29.2 Å². The summed E-state index contributed by atoms with van der Waals surface area (Å²) in [4.78, 5) is 54.9. The number of anilines is 4. The summed E-state index contributed by atoms with van der Waals surface area (Å²) in [5, 5.41) is 5.63. The normalized spacial score (nSPS) is 17.0. The summed E-state index contributed by atoms with van der Waals surface area (Å²) >= 11 is 0. The number of piperazine rings is 1. The first-order valence-corrected chi connectivity index (χ1v) is 15.7. The molecule has 6 rings (SSSR count). The van der Waals surface area contributed by atoms with Crippen LogP contribution in [0, 0.1) is 0 Å². The maximum atomic E-state index is 13.4. The number of likely N-dealkylation sites (tertiary alicyclic amines) is 1. The molecule has 0 saturated carbocycles. The average Bonchev–Trinajstić information content (AvgIpc) is 3.69. The van der Waals surface area contributed by atoms with E-state index in [0.29, 0.717) is 30.2 Å². The zero-order valence-electron chi connectivity index (χ0n) is 27.6. The number of ether oxygens (including phenoxy) is 2. The Morgan fingerprint density at radius 1 is 0.860 bits per heavy atom. The van der Waals surface area contributed by atoms with Crippen molar-refractivity contribution in [1.29, 1.82) is 0 Å². The number of hydrogen-bond acceptors (Lipinski definition) is 10. The number of benzene rings is 1. The molecule has 0 radical (unpaired) electrons. The number of pyridine rings is 3. The van der Waals surface area contributed by atoms with E-state index in [1.165, 1.54) is 37.4 Å². The number of aromatic nitrogens is 3. The third-order valence-corrected chi connectivity index (χ3v) is 8.20. The maximum Gasteiger partial charge on any atom is 0.416 e. The SMILES string of the molecule is COC(=O)c1ccc(C(=O)Nc2cc(Nc3cc(C(F)(F)F)ccn3)nc(-c3ccnc(N4C[C@@H]5C[C@H]4CN5C(=O)OC(C)(C)C)c3)c2)cc1. The Kier molecular flexibility index (Phi) is 9.08. The number of nitrogens with zero attached hydrogens (tertiary/aromatic N) is 5. The molecule has 2 saturated heterocycles. The Morgan fingerprint density at radius 3 is 2.24 bits per heavy atom. The molecule has 2 atom stereocenters. The molecule has 4 aromatic rings. The van der Waals surface area contributed by atoms with Crippen molar-refractivity contribution in [3.05, 3.63) is 89.7 Å². The molecule has 2 N–H and O–H groups in total. The van der Waals surface area contributed by atoms with Gasteiger partial charge < -0.3 is 29.9 Å².